The first kappa shape index (κ1) is 16.0. The van der Waals surface area contributed by atoms with E-state index in [1.54, 1.807) is 24.5 Å². The topological polar surface area (TPSA) is 70.0 Å². The quantitative estimate of drug-likeness (QED) is 0.924. The van der Waals surface area contributed by atoms with Crippen molar-refractivity contribution >= 4 is 34.0 Å². The molecular formula is C15H17ClN2O2S. The van der Waals surface area contributed by atoms with Gasteiger partial charge in [0, 0.05) is 33.5 Å². The molecule has 1 N–H and O–H groups in total. The van der Waals surface area contributed by atoms with Crippen LogP contribution in [0.4, 0.5) is 5.69 Å². The predicted molar refractivity (Wildman–Crippen MR) is 84.4 cm³/mol. The van der Waals surface area contributed by atoms with Crippen molar-refractivity contribution in [2.75, 3.05) is 11.6 Å². The zero-order valence-corrected chi connectivity index (χ0v) is 13.4. The van der Waals surface area contributed by atoms with Gasteiger partial charge < -0.3 is 5.32 Å². The summed E-state index contributed by atoms with van der Waals surface area (Å²) in [6, 6.07) is 7.26. The minimum Gasteiger partial charge on any atom is -0.325 e. The molecule has 0 aromatic heterocycles. The highest BCUT2D eigenvalue weighted by Gasteiger charge is 2.41. The summed E-state index contributed by atoms with van der Waals surface area (Å²) >= 11 is 6.06. The lowest BCUT2D eigenvalue weighted by Gasteiger charge is -2.19. The van der Waals surface area contributed by atoms with Gasteiger partial charge in [0.1, 0.15) is 5.41 Å². The SMILES string of the molecule is C[S@](=O)Cc1cc(NC(=O)C2(C#N)CCCC2)ccc1Cl. The van der Waals surface area contributed by atoms with Gasteiger partial charge in [-0.15, -0.1) is 0 Å². The fraction of sp³-hybridized carbons (Fsp3) is 0.467. The summed E-state index contributed by atoms with van der Waals surface area (Å²) in [7, 11) is -1.01. The van der Waals surface area contributed by atoms with Crippen LogP contribution in [0, 0.1) is 16.7 Å². The molecule has 1 fully saturated rings. The Morgan fingerprint density at radius 1 is 1.48 bits per heavy atom. The summed E-state index contributed by atoms with van der Waals surface area (Å²) in [5, 5.41) is 12.6. The Bertz CT molecular complexity index is 619. The maximum absolute atomic E-state index is 12.4. The maximum Gasteiger partial charge on any atom is 0.244 e. The molecule has 0 saturated heterocycles. The van der Waals surface area contributed by atoms with Crippen molar-refractivity contribution in [2.24, 2.45) is 5.41 Å². The molecular weight excluding hydrogens is 308 g/mol. The molecule has 2 rings (SSSR count). The first-order valence-electron chi connectivity index (χ1n) is 6.78. The van der Waals surface area contributed by atoms with E-state index in [2.05, 4.69) is 11.4 Å². The number of carbonyl (C=O) groups excluding carboxylic acids is 1. The van der Waals surface area contributed by atoms with Gasteiger partial charge in [-0.1, -0.05) is 24.4 Å². The Morgan fingerprint density at radius 2 is 2.14 bits per heavy atom. The summed E-state index contributed by atoms with van der Waals surface area (Å²) < 4.78 is 11.3. The van der Waals surface area contributed by atoms with E-state index in [4.69, 9.17) is 11.6 Å². The highest BCUT2D eigenvalue weighted by atomic mass is 35.5. The van der Waals surface area contributed by atoms with Gasteiger partial charge in [0.05, 0.1) is 6.07 Å². The minimum atomic E-state index is -1.01. The highest BCUT2D eigenvalue weighted by Crippen LogP contribution is 2.38. The third-order valence-corrected chi connectivity index (χ3v) is 4.85. The number of halogens is 1. The van der Waals surface area contributed by atoms with E-state index in [0.29, 0.717) is 29.3 Å². The van der Waals surface area contributed by atoms with Crippen LogP contribution in [-0.2, 0) is 21.3 Å². The molecule has 1 aromatic carbocycles. The second-order valence-electron chi connectivity index (χ2n) is 5.38. The molecule has 0 bridgehead atoms. The van der Waals surface area contributed by atoms with Crippen LogP contribution in [0.25, 0.3) is 0 Å². The molecule has 6 heteroatoms. The number of nitrogens with zero attached hydrogens (tertiary/aromatic N) is 1. The second-order valence-corrected chi connectivity index (χ2v) is 7.22. The Hall–Kier alpha value is -1.38. The zero-order chi connectivity index (χ0) is 15.5. The van der Waals surface area contributed by atoms with E-state index >= 15 is 0 Å². The van der Waals surface area contributed by atoms with Crippen molar-refractivity contribution in [2.45, 2.75) is 31.4 Å². The lowest BCUT2D eigenvalue weighted by atomic mass is 9.87. The van der Waals surface area contributed by atoms with Crippen LogP contribution in [0.1, 0.15) is 31.2 Å². The van der Waals surface area contributed by atoms with Crippen molar-refractivity contribution in [3.05, 3.63) is 28.8 Å². The van der Waals surface area contributed by atoms with Gasteiger partial charge in [-0.25, -0.2) is 0 Å². The molecule has 0 spiro atoms. The number of anilines is 1. The summed E-state index contributed by atoms with van der Waals surface area (Å²) in [6.45, 7) is 0. The van der Waals surface area contributed by atoms with Crippen molar-refractivity contribution in [3.63, 3.8) is 0 Å². The molecule has 0 heterocycles. The first-order valence-corrected chi connectivity index (χ1v) is 8.88. The summed E-state index contributed by atoms with van der Waals surface area (Å²) in [5.74, 6) is 0.0831. The number of nitriles is 1. The van der Waals surface area contributed by atoms with Crippen molar-refractivity contribution in [1.82, 2.24) is 0 Å². The monoisotopic (exact) mass is 324 g/mol. The molecule has 1 aliphatic carbocycles. The number of rotatable bonds is 4. The third kappa shape index (κ3) is 3.63. The molecule has 1 atom stereocenters. The Kier molecular flexibility index (Phi) is 5.02. The number of hydrogen-bond donors (Lipinski definition) is 1. The van der Waals surface area contributed by atoms with Crippen molar-refractivity contribution < 1.29 is 9.00 Å². The number of hydrogen-bond acceptors (Lipinski definition) is 3. The van der Waals surface area contributed by atoms with Crippen LogP contribution in [0.3, 0.4) is 0 Å². The average molecular weight is 325 g/mol. The van der Waals surface area contributed by atoms with Crippen molar-refractivity contribution in [3.8, 4) is 6.07 Å². The molecule has 1 saturated carbocycles. The fourth-order valence-electron chi connectivity index (χ4n) is 2.60. The third-order valence-electron chi connectivity index (χ3n) is 3.77. The van der Waals surface area contributed by atoms with Crippen molar-refractivity contribution in [1.29, 1.82) is 5.26 Å². The van der Waals surface area contributed by atoms with Gasteiger partial charge >= 0.3 is 0 Å². The van der Waals surface area contributed by atoms with E-state index in [1.165, 1.54) is 0 Å². The van der Waals surface area contributed by atoms with E-state index in [-0.39, 0.29) is 5.91 Å². The molecule has 0 unspecified atom stereocenters. The van der Waals surface area contributed by atoms with E-state index < -0.39 is 16.2 Å². The number of benzene rings is 1. The molecule has 1 aromatic rings. The Balaban J connectivity index is 2.18. The minimum absolute atomic E-state index is 0.256. The van der Waals surface area contributed by atoms with Gasteiger partial charge in [-0.05, 0) is 36.6 Å². The van der Waals surface area contributed by atoms with Gasteiger partial charge in [0.2, 0.25) is 5.91 Å². The van der Waals surface area contributed by atoms with Gasteiger partial charge in [0.25, 0.3) is 0 Å². The lowest BCUT2D eigenvalue weighted by Crippen LogP contribution is -2.32. The molecule has 21 heavy (non-hydrogen) atoms. The van der Waals surface area contributed by atoms with Crippen LogP contribution >= 0.6 is 11.6 Å². The van der Waals surface area contributed by atoms with E-state index in [9.17, 15) is 14.3 Å². The largest absolute Gasteiger partial charge is 0.325 e. The Labute approximate surface area is 131 Å². The maximum atomic E-state index is 12.4. The highest BCUT2D eigenvalue weighted by molar-refractivity contribution is 7.83. The van der Waals surface area contributed by atoms with Crippen LogP contribution in [0.15, 0.2) is 18.2 Å². The zero-order valence-electron chi connectivity index (χ0n) is 11.8. The van der Waals surface area contributed by atoms with Crippen LogP contribution < -0.4 is 5.32 Å². The summed E-state index contributed by atoms with van der Waals surface area (Å²) in [6.07, 6.45) is 4.62. The van der Waals surface area contributed by atoms with E-state index in [0.717, 1.165) is 18.4 Å². The molecule has 112 valence electrons. The molecule has 0 radical (unpaired) electrons. The number of nitrogens with one attached hydrogen (secondary N) is 1. The molecule has 1 aliphatic rings. The Morgan fingerprint density at radius 3 is 2.71 bits per heavy atom. The number of amides is 1. The van der Waals surface area contributed by atoms with Crippen LogP contribution in [0.5, 0.6) is 0 Å². The normalized spacial score (nSPS) is 18.0. The molecule has 0 aliphatic heterocycles. The fourth-order valence-corrected chi connectivity index (χ4v) is 3.54. The standard InChI is InChI=1S/C15H17ClN2O2S/c1-21(20)9-11-8-12(4-5-13(11)16)18-14(19)15(10-17)6-2-3-7-15/h4-5,8H,2-3,6-7,9H2,1H3,(H,18,19)/t21-/m0/s1. The van der Waals surface area contributed by atoms with Crippen LogP contribution in [-0.4, -0.2) is 16.4 Å². The first-order chi connectivity index (χ1) is 9.97. The summed E-state index contributed by atoms with van der Waals surface area (Å²) in [4.78, 5) is 12.4. The van der Waals surface area contributed by atoms with Gasteiger partial charge in [0.15, 0.2) is 0 Å². The van der Waals surface area contributed by atoms with E-state index in [1.807, 2.05) is 0 Å². The lowest BCUT2D eigenvalue weighted by molar-refractivity contribution is -0.122. The van der Waals surface area contributed by atoms with Gasteiger partial charge in [-0.3, -0.25) is 9.00 Å². The smallest absolute Gasteiger partial charge is 0.244 e. The number of carbonyl (C=O) groups is 1. The molecule has 1 amide bonds. The van der Waals surface area contributed by atoms with Gasteiger partial charge in [-0.2, -0.15) is 5.26 Å². The molecule has 4 nitrogen and oxygen atoms in total. The van der Waals surface area contributed by atoms with Crippen LogP contribution in [0.2, 0.25) is 5.02 Å². The second kappa shape index (κ2) is 6.59. The summed E-state index contributed by atoms with van der Waals surface area (Å²) in [5.41, 5.74) is 0.409. The predicted octanol–water partition coefficient (Wildman–Crippen LogP) is 3.24. The average Bonchev–Trinajstić information content (AvgIpc) is 2.92.